The smallest absolute Gasteiger partial charge is 0.253 e. The van der Waals surface area contributed by atoms with Crippen molar-refractivity contribution in [2.45, 2.75) is 31.7 Å². The third-order valence-electron chi connectivity index (χ3n) is 4.28. The number of amides is 2. The molecule has 0 bridgehead atoms. The summed E-state index contributed by atoms with van der Waals surface area (Å²) in [5.74, 6) is 0.936. The van der Waals surface area contributed by atoms with Gasteiger partial charge in [-0.2, -0.15) is 0 Å². The van der Waals surface area contributed by atoms with Gasteiger partial charge in [-0.3, -0.25) is 9.59 Å². The molecule has 1 aromatic rings. The Bertz CT molecular complexity index is 546. The van der Waals surface area contributed by atoms with Gasteiger partial charge in [-0.25, -0.2) is 4.98 Å². The highest BCUT2D eigenvalue weighted by Gasteiger charge is 2.35. The van der Waals surface area contributed by atoms with Gasteiger partial charge in [0, 0.05) is 37.3 Å². The molecule has 3 rings (SSSR count). The van der Waals surface area contributed by atoms with E-state index >= 15 is 0 Å². The highest BCUT2D eigenvalue weighted by Crippen LogP contribution is 2.31. The fraction of sp³-hybridized carbons (Fsp3) is 0.562. The Labute approximate surface area is 129 Å². The summed E-state index contributed by atoms with van der Waals surface area (Å²) in [7, 11) is 1.54. The molecule has 1 aliphatic carbocycles. The molecule has 1 saturated heterocycles. The van der Waals surface area contributed by atoms with Crippen molar-refractivity contribution in [2.24, 2.45) is 5.92 Å². The fourth-order valence-electron chi connectivity index (χ4n) is 2.74. The monoisotopic (exact) mass is 303 g/mol. The van der Waals surface area contributed by atoms with Crippen LogP contribution in [0.5, 0.6) is 5.88 Å². The summed E-state index contributed by atoms with van der Waals surface area (Å²) in [6.45, 7) is 1.47. The van der Waals surface area contributed by atoms with Crippen molar-refractivity contribution in [3.63, 3.8) is 0 Å². The van der Waals surface area contributed by atoms with Gasteiger partial charge >= 0.3 is 0 Å². The minimum atomic E-state index is -0.123. The van der Waals surface area contributed by atoms with Gasteiger partial charge in [-0.15, -0.1) is 0 Å². The van der Waals surface area contributed by atoms with Crippen molar-refractivity contribution < 1.29 is 14.3 Å². The molecule has 1 N–H and O–H groups in total. The third-order valence-corrected chi connectivity index (χ3v) is 4.28. The second kappa shape index (κ2) is 6.34. The molecular weight excluding hydrogens is 282 g/mol. The number of methoxy groups -OCH3 is 1. The molecule has 0 unspecified atom stereocenters. The minimum Gasteiger partial charge on any atom is -0.481 e. The van der Waals surface area contributed by atoms with Crippen LogP contribution in [0, 0.1) is 5.92 Å². The molecule has 2 aliphatic rings. The van der Waals surface area contributed by atoms with E-state index in [0.717, 1.165) is 38.8 Å². The molecule has 2 heterocycles. The van der Waals surface area contributed by atoms with Crippen molar-refractivity contribution in [2.75, 3.05) is 20.2 Å². The van der Waals surface area contributed by atoms with Crippen molar-refractivity contribution in [1.29, 1.82) is 0 Å². The van der Waals surface area contributed by atoms with Crippen LogP contribution in [0.2, 0.25) is 0 Å². The molecule has 1 aromatic heterocycles. The minimum absolute atomic E-state index is 0.123. The molecule has 6 heteroatoms. The molecule has 2 amide bonds. The third kappa shape index (κ3) is 3.37. The van der Waals surface area contributed by atoms with Crippen molar-refractivity contribution >= 4 is 11.8 Å². The average Bonchev–Trinajstić information content (AvgIpc) is 3.40. The first-order chi connectivity index (χ1) is 10.7. The standard InChI is InChI=1S/C16H21N3O3/c1-22-14-5-4-12(10-17-14)15(20)18-13-6-8-19(9-7-13)16(21)11-2-3-11/h4-5,10-11,13H,2-3,6-9H2,1H3,(H,18,20). The number of carbonyl (C=O) groups excluding carboxylic acids is 2. The van der Waals surface area contributed by atoms with Gasteiger partial charge in [0.15, 0.2) is 0 Å². The quantitative estimate of drug-likeness (QED) is 0.908. The number of pyridine rings is 1. The number of likely N-dealkylation sites (tertiary alicyclic amines) is 1. The second-order valence-corrected chi connectivity index (χ2v) is 5.94. The van der Waals surface area contributed by atoms with E-state index in [-0.39, 0.29) is 17.9 Å². The normalized spacial score (nSPS) is 18.9. The zero-order valence-electron chi connectivity index (χ0n) is 12.7. The number of ether oxygens (including phenoxy) is 1. The van der Waals surface area contributed by atoms with E-state index in [1.54, 1.807) is 19.2 Å². The van der Waals surface area contributed by atoms with E-state index in [0.29, 0.717) is 17.4 Å². The summed E-state index contributed by atoms with van der Waals surface area (Å²) < 4.78 is 4.98. The first kappa shape index (κ1) is 14.8. The Morgan fingerprint density at radius 1 is 1.23 bits per heavy atom. The number of nitrogens with zero attached hydrogens (tertiary/aromatic N) is 2. The van der Waals surface area contributed by atoms with Gasteiger partial charge in [-0.1, -0.05) is 0 Å². The summed E-state index contributed by atoms with van der Waals surface area (Å²) in [6.07, 6.45) is 5.22. The highest BCUT2D eigenvalue weighted by atomic mass is 16.5. The number of carbonyl (C=O) groups is 2. The van der Waals surface area contributed by atoms with Gasteiger partial charge in [0.2, 0.25) is 11.8 Å². The van der Waals surface area contributed by atoms with Crippen LogP contribution < -0.4 is 10.1 Å². The number of hydrogen-bond donors (Lipinski definition) is 1. The number of piperidine rings is 1. The average molecular weight is 303 g/mol. The van der Waals surface area contributed by atoms with Gasteiger partial charge in [0.05, 0.1) is 12.7 Å². The molecule has 22 heavy (non-hydrogen) atoms. The van der Waals surface area contributed by atoms with Crippen LogP contribution in [0.15, 0.2) is 18.3 Å². The lowest BCUT2D eigenvalue weighted by Crippen LogP contribution is -2.47. The highest BCUT2D eigenvalue weighted by molar-refractivity contribution is 5.94. The van der Waals surface area contributed by atoms with Gasteiger partial charge in [0.25, 0.3) is 5.91 Å². The molecule has 0 atom stereocenters. The molecule has 1 saturated carbocycles. The lowest BCUT2D eigenvalue weighted by Gasteiger charge is -2.32. The first-order valence-electron chi connectivity index (χ1n) is 7.77. The summed E-state index contributed by atoms with van der Waals surface area (Å²) in [5, 5.41) is 3.02. The number of nitrogens with one attached hydrogen (secondary N) is 1. The summed E-state index contributed by atoms with van der Waals surface area (Å²) in [4.78, 5) is 30.1. The first-order valence-corrected chi connectivity index (χ1v) is 7.77. The number of hydrogen-bond acceptors (Lipinski definition) is 4. The van der Waals surface area contributed by atoms with Crippen LogP contribution in [0.3, 0.4) is 0 Å². The van der Waals surface area contributed by atoms with Gasteiger partial charge in [0.1, 0.15) is 0 Å². The van der Waals surface area contributed by atoms with Crippen molar-refractivity contribution in [3.05, 3.63) is 23.9 Å². The molecule has 2 fully saturated rings. The Balaban J connectivity index is 1.49. The Morgan fingerprint density at radius 3 is 2.50 bits per heavy atom. The van der Waals surface area contributed by atoms with Crippen LogP contribution in [-0.2, 0) is 4.79 Å². The lowest BCUT2D eigenvalue weighted by atomic mass is 10.0. The zero-order chi connectivity index (χ0) is 15.5. The summed E-state index contributed by atoms with van der Waals surface area (Å²) in [6, 6.07) is 3.50. The van der Waals surface area contributed by atoms with Crippen molar-refractivity contribution in [1.82, 2.24) is 15.2 Å². The molecule has 0 radical (unpaired) electrons. The van der Waals surface area contributed by atoms with E-state index < -0.39 is 0 Å². The van der Waals surface area contributed by atoms with Crippen molar-refractivity contribution in [3.8, 4) is 5.88 Å². The van der Waals surface area contributed by atoms with Crippen LogP contribution >= 0.6 is 0 Å². The zero-order valence-corrected chi connectivity index (χ0v) is 12.7. The maximum absolute atomic E-state index is 12.2. The van der Waals surface area contributed by atoms with E-state index in [1.165, 1.54) is 6.20 Å². The summed E-state index contributed by atoms with van der Waals surface area (Å²) >= 11 is 0. The van der Waals surface area contributed by atoms with Gasteiger partial charge < -0.3 is 15.0 Å². The lowest BCUT2D eigenvalue weighted by molar-refractivity contribution is -0.133. The number of aromatic nitrogens is 1. The van der Waals surface area contributed by atoms with E-state index in [2.05, 4.69) is 10.3 Å². The summed E-state index contributed by atoms with van der Waals surface area (Å²) in [5.41, 5.74) is 0.525. The van der Waals surface area contributed by atoms with Crippen LogP contribution in [0.4, 0.5) is 0 Å². The molecule has 0 spiro atoms. The van der Waals surface area contributed by atoms with Gasteiger partial charge in [-0.05, 0) is 31.7 Å². The second-order valence-electron chi connectivity index (χ2n) is 5.94. The molecule has 1 aliphatic heterocycles. The van der Waals surface area contributed by atoms with E-state index in [4.69, 9.17) is 4.74 Å². The van der Waals surface area contributed by atoms with Crippen LogP contribution in [0.25, 0.3) is 0 Å². The molecule has 118 valence electrons. The SMILES string of the molecule is COc1ccc(C(=O)NC2CCN(C(=O)C3CC3)CC2)cn1. The topological polar surface area (TPSA) is 71.5 Å². The molecule has 6 nitrogen and oxygen atoms in total. The predicted octanol–water partition coefficient (Wildman–Crippen LogP) is 1.22. The largest absolute Gasteiger partial charge is 0.481 e. The maximum Gasteiger partial charge on any atom is 0.253 e. The van der Waals surface area contributed by atoms with Crippen LogP contribution in [0.1, 0.15) is 36.0 Å². The number of rotatable bonds is 4. The molecule has 0 aromatic carbocycles. The Hall–Kier alpha value is -2.11. The van der Waals surface area contributed by atoms with E-state index in [9.17, 15) is 9.59 Å². The Kier molecular flexibility index (Phi) is 4.27. The molecular formula is C16H21N3O3. The Morgan fingerprint density at radius 2 is 1.95 bits per heavy atom. The van der Waals surface area contributed by atoms with E-state index in [1.807, 2.05) is 4.90 Å². The fourth-order valence-corrected chi connectivity index (χ4v) is 2.74. The maximum atomic E-state index is 12.2. The predicted molar refractivity (Wildman–Crippen MR) is 80.6 cm³/mol. The van der Waals surface area contributed by atoms with Crippen LogP contribution in [-0.4, -0.2) is 47.9 Å².